The second-order valence-electron chi connectivity index (χ2n) is 4.05. The molecule has 1 aromatic carbocycles. The van der Waals surface area contributed by atoms with Crippen molar-refractivity contribution < 1.29 is 36.4 Å². The van der Waals surface area contributed by atoms with Gasteiger partial charge in [-0.05, 0) is 0 Å². The molecule has 1 unspecified atom stereocenters. The Balaban J connectivity index is 2.94. The number of hydrogen-bond acceptors (Lipinski definition) is 4. The van der Waals surface area contributed by atoms with Crippen molar-refractivity contribution in [2.45, 2.75) is 12.0 Å². The van der Waals surface area contributed by atoms with Gasteiger partial charge in [-0.1, -0.05) is 30.3 Å². The van der Waals surface area contributed by atoms with E-state index in [1.165, 1.54) is 23.5 Å². The van der Waals surface area contributed by atoms with Crippen LogP contribution in [0.3, 0.4) is 0 Å². The molecule has 0 bridgehead atoms. The van der Waals surface area contributed by atoms with Crippen molar-refractivity contribution in [2.75, 3.05) is 5.75 Å². The van der Waals surface area contributed by atoms with Gasteiger partial charge in [0.05, 0.1) is 0 Å². The van der Waals surface area contributed by atoms with E-state index in [0.29, 0.717) is 0 Å². The molecule has 21 heavy (non-hydrogen) atoms. The van der Waals surface area contributed by atoms with Crippen LogP contribution in [0.4, 0.5) is 8.78 Å². The Hall–Kier alpha value is -2.07. The third kappa shape index (κ3) is 4.76. The minimum atomic E-state index is -4.76. The Morgan fingerprint density at radius 1 is 1.24 bits per heavy atom. The summed E-state index contributed by atoms with van der Waals surface area (Å²) in [4.78, 5) is 22.2. The molecule has 1 atom stereocenters. The second kappa shape index (κ2) is 6.14. The lowest BCUT2D eigenvalue weighted by molar-refractivity contribution is -0.151. The van der Waals surface area contributed by atoms with Crippen LogP contribution >= 0.6 is 0 Å². The summed E-state index contributed by atoms with van der Waals surface area (Å²) in [6.07, 6.45) is 0. The first kappa shape index (κ1) is 17.0. The van der Waals surface area contributed by atoms with Crippen LogP contribution in [0.1, 0.15) is 5.56 Å². The van der Waals surface area contributed by atoms with E-state index < -0.39 is 45.3 Å². The predicted octanol–water partition coefficient (Wildman–Crippen LogP) is 0.236. The summed E-state index contributed by atoms with van der Waals surface area (Å²) in [7, 11) is -4.76. The molecular weight excluding hydrogens is 312 g/mol. The van der Waals surface area contributed by atoms with Gasteiger partial charge < -0.3 is 10.4 Å². The molecule has 1 aromatic rings. The zero-order valence-electron chi connectivity index (χ0n) is 10.4. The Labute approximate surface area is 118 Å². The molecule has 3 N–H and O–H groups in total. The fraction of sp³-hybridized carbons (Fsp3) is 0.273. The summed E-state index contributed by atoms with van der Waals surface area (Å²) >= 11 is 0. The van der Waals surface area contributed by atoms with Crippen LogP contribution in [0.2, 0.25) is 0 Å². The number of halogens is 2. The van der Waals surface area contributed by atoms with E-state index in [0.717, 1.165) is 12.1 Å². The minimum absolute atomic E-state index is 0.682. The van der Waals surface area contributed by atoms with Gasteiger partial charge in [-0.2, -0.15) is 17.2 Å². The maximum Gasteiger partial charge on any atom is 0.349 e. The van der Waals surface area contributed by atoms with Crippen LogP contribution in [0.5, 0.6) is 0 Å². The first-order valence-electron chi connectivity index (χ1n) is 5.46. The van der Waals surface area contributed by atoms with Gasteiger partial charge >= 0.3 is 11.9 Å². The lowest BCUT2D eigenvalue weighted by Gasteiger charge is -2.19. The van der Waals surface area contributed by atoms with Crippen LogP contribution in [0.25, 0.3) is 0 Å². The summed E-state index contributed by atoms with van der Waals surface area (Å²) in [5.74, 6) is -9.32. The standard InChI is InChI=1S/C11H11F2NO6S/c12-11(13,7-4-2-1-3-5-7)10(17)14-8(9(15)16)6-21(18,19)20/h1-5,8H,6H2,(H,14,17)(H,15,16)(H,18,19,20). The summed E-state index contributed by atoms with van der Waals surface area (Å²) in [5.41, 5.74) is -0.682. The number of amides is 1. The van der Waals surface area contributed by atoms with Crippen LogP contribution in [-0.2, 0) is 25.6 Å². The topological polar surface area (TPSA) is 121 Å². The molecule has 1 amide bonds. The first-order chi connectivity index (χ1) is 9.54. The average molecular weight is 323 g/mol. The van der Waals surface area contributed by atoms with Gasteiger partial charge in [-0.3, -0.25) is 9.35 Å². The molecule has 0 aliphatic carbocycles. The molecule has 0 aromatic heterocycles. The molecule has 116 valence electrons. The van der Waals surface area contributed by atoms with E-state index in [1.807, 2.05) is 0 Å². The number of carboxylic acid groups (broad SMARTS) is 1. The Morgan fingerprint density at radius 3 is 2.19 bits per heavy atom. The number of aliphatic carboxylic acids is 1. The highest BCUT2D eigenvalue weighted by Crippen LogP contribution is 2.27. The van der Waals surface area contributed by atoms with E-state index in [-0.39, 0.29) is 0 Å². The van der Waals surface area contributed by atoms with E-state index in [2.05, 4.69) is 0 Å². The molecule has 0 saturated heterocycles. The lowest BCUT2D eigenvalue weighted by atomic mass is 10.1. The number of hydrogen-bond donors (Lipinski definition) is 3. The monoisotopic (exact) mass is 323 g/mol. The maximum atomic E-state index is 13.8. The summed E-state index contributed by atoms with van der Waals surface area (Å²) < 4.78 is 57.3. The second-order valence-corrected chi connectivity index (χ2v) is 5.55. The maximum absolute atomic E-state index is 13.8. The molecule has 0 spiro atoms. The zero-order chi connectivity index (χ0) is 16.3. The van der Waals surface area contributed by atoms with Gasteiger partial charge in [-0.15, -0.1) is 0 Å². The van der Waals surface area contributed by atoms with Gasteiger partial charge in [0.2, 0.25) is 0 Å². The quantitative estimate of drug-likeness (QED) is 0.645. The van der Waals surface area contributed by atoms with Crippen molar-refractivity contribution in [2.24, 2.45) is 0 Å². The molecule has 0 aliphatic rings. The number of benzene rings is 1. The number of carboxylic acids is 1. The molecule has 0 saturated carbocycles. The molecule has 0 radical (unpaired) electrons. The van der Waals surface area contributed by atoms with Gasteiger partial charge in [0.1, 0.15) is 11.8 Å². The largest absolute Gasteiger partial charge is 0.480 e. The summed E-state index contributed by atoms with van der Waals surface area (Å²) in [6.45, 7) is 0. The van der Waals surface area contributed by atoms with Gasteiger partial charge in [0.25, 0.3) is 16.0 Å². The molecule has 0 heterocycles. The van der Waals surface area contributed by atoms with Crippen molar-refractivity contribution in [3.63, 3.8) is 0 Å². The normalized spacial score (nSPS) is 13.5. The molecule has 1 rings (SSSR count). The Bertz CT molecular complexity index is 631. The van der Waals surface area contributed by atoms with Crippen LogP contribution < -0.4 is 5.32 Å². The van der Waals surface area contributed by atoms with E-state index in [4.69, 9.17) is 9.66 Å². The van der Waals surface area contributed by atoms with Crippen LogP contribution in [0, 0.1) is 0 Å². The number of carbonyl (C=O) groups excluding carboxylic acids is 1. The lowest BCUT2D eigenvalue weighted by Crippen LogP contribution is -2.50. The Kier molecular flexibility index (Phi) is 4.97. The van der Waals surface area contributed by atoms with Crippen molar-refractivity contribution in [1.29, 1.82) is 0 Å². The third-order valence-electron chi connectivity index (χ3n) is 2.40. The highest BCUT2D eigenvalue weighted by Gasteiger charge is 2.43. The van der Waals surface area contributed by atoms with Gasteiger partial charge in [0.15, 0.2) is 0 Å². The summed E-state index contributed by atoms with van der Waals surface area (Å²) in [6, 6.07) is 3.67. The highest BCUT2D eigenvalue weighted by molar-refractivity contribution is 7.85. The highest BCUT2D eigenvalue weighted by atomic mass is 32.2. The van der Waals surface area contributed by atoms with Crippen LogP contribution in [-0.4, -0.2) is 41.7 Å². The minimum Gasteiger partial charge on any atom is -0.480 e. The molecule has 0 fully saturated rings. The van der Waals surface area contributed by atoms with E-state index in [1.54, 1.807) is 0 Å². The SMILES string of the molecule is O=C(O)C(CS(=O)(=O)O)NC(=O)C(F)(F)c1ccccc1. The zero-order valence-corrected chi connectivity index (χ0v) is 11.2. The molecule has 10 heteroatoms. The molecular formula is C11H11F2NO6S. The average Bonchev–Trinajstić information content (AvgIpc) is 2.37. The van der Waals surface area contributed by atoms with Crippen molar-refractivity contribution >= 4 is 22.0 Å². The van der Waals surface area contributed by atoms with Gasteiger partial charge in [-0.25, -0.2) is 4.79 Å². The van der Waals surface area contributed by atoms with E-state index in [9.17, 15) is 26.8 Å². The predicted molar refractivity (Wildman–Crippen MR) is 66.3 cm³/mol. The molecule has 7 nitrogen and oxygen atoms in total. The number of alkyl halides is 2. The van der Waals surface area contributed by atoms with Crippen molar-refractivity contribution in [3.05, 3.63) is 35.9 Å². The van der Waals surface area contributed by atoms with Crippen LogP contribution in [0.15, 0.2) is 30.3 Å². The van der Waals surface area contributed by atoms with Crippen molar-refractivity contribution in [1.82, 2.24) is 5.32 Å². The number of nitrogens with one attached hydrogen (secondary N) is 1. The smallest absolute Gasteiger partial charge is 0.349 e. The number of rotatable bonds is 6. The number of carbonyl (C=O) groups is 2. The third-order valence-corrected chi connectivity index (χ3v) is 3.16. The fourth-order valence-electron chi connectivity index (χ4n) is 1.41. The Morgan fingerprint density at radius 2 is 1.76 bits per heavy atom. The molecule has 0 aliphatic heterocycles. The fourth-order valence-corrected chi connectivity index (χ4v) is 2.06. The van der Waals surface area contributed by atoms with Gasteiger partial charge in [0, 0.05) is 5.56 Å². The van der Waals surface area contributed by atoms with Crippen molar-refractivity contribution in [3.8, 4) is 0 Å². The summed E-state index contributed by atoms with van der Waals surface area (Å²) in [5, 5.41) is 10.1. The van der Waals surface area contributed by atoms with E-state index >= 15 is 0 Å². The first-order valence-corrected chi connectivity index (χ1v) is 7.07.